The van der Waals surface area contributed by atoms with Crippen molar-refractivity contribution in [3.63, 3.8) is 0 Å². The fourth-order valence-electron chi connectivity index (χ4n) is 1.35. The smallest absolute Gasteiger partial charge is 0.316 e. The average Bonchev–Trinajstić information content (AvgIpc) is 2.37. The highest BCUT2D eigenvalue weighted by Gasteiger charge is 2.24. The van der Waals surface area contributed by atoms with E-state index in [9.17, 15) is 4.79 Å². The van der Waals surface area contributed by atoms with Crippen molar-refractivity contribution in [2.75, 3.05) is 20.3 Å². The van der Waals surface area contributed by atoms with E-state index in [0.717, 1.165) is 5.56 Å². The molecule has 0 aromatic heterocycles. The van der Waals surface area contributed by atoms with Crippen LogP contribution in [0.5, 0.6) is 11.5 Å². The van der Waals surface area contributed by atoms with Gasteiger partial charge in [-0.05, 0) is 38.5 Å². The van der Waals surface area contributed by atoms with Gasteiger partial charge in [0.25, 0.3) is 0 Å². The first-order chi connectivity index (χ1) is 9.36. The molecular weight excluding hydrogens is 280 g/mol. The number of carbonyl (C=O) groups excluding carboxylic acids is 1. The second kappa shape index (κ2) is 7.50. The summed E-state index contributed by atoms with van der Waals surface area (Å²) in [5.74, 6) is 1.07. The zero-order valence-corrected chi connectivity index (χ0v) is 13.1. The minimum absolute atomic E-state index is 0.299. The van der Waals surface area contributed by atoms with E-state index in [0.29, 0.717) is 30.6 Å². The predicted octanol–water partition coefficient (Wildman–Crippen LogP) is 3.40. The van der Waals surface area contributed by atoms with Crippen molar-refractivity contribution in [1.29, 1.82) is 0 Å². The molecule has 0 radical (unpaired) electrons. The van der Waals surface area contributed by atoms with Gasteiger partial charge in [0.05, 0.1) is 12.0 Å². The average molecular weight is 301 g/mol. The molecule has 1 rings (SSSR count). The van der Waals surface area contributed by atoms with E-state index in [1.54, 1.807) is 40.0 Å². The Morgan fingerprint density at radius 2 is 1.80 bits per heavy atom. The number of ether oxygens (including phenoxy) is 3. The Bertz CT molecular complexity index is 452. The summed E-state index contributed by atoms with van der Waals surface area (Å²) in [6.07, 6.45) is 0. The Morgan fingerprint density at radius 1 is 1.15 bits per heavy atom. The molecule has 0 heterocycles. The molecule has 5 heteroatoms. The van der Waals surface area contributed by atoms with Gasteiger partial charge in [-0.25, -0.2) is 0 Å². The molecule has 0 aliphatic rings. The van der Waals surface area contributed by atoms with Crippen LogP contribution in [0.25, 0.3) is 0 Å². The molecule has 0 saturated heterocycles. The molecule has 0 aliphatic carbocycles. The van der Waals surface area contributed by atoms with E-state index in [1.165, 1.54) is 0 Å². The van der Waals surface area contributed by atoms with Crippen LogP contribution in [-0.4, -0.2) is 26.3 Å². The first-order valence-electron chi connectivity index (χ1n) is 6.40. The van der Waals surface area contributed by atoms with Gasteiger partial charge >= 0.3 is 5.97 Å². The van der Waals surface area contributed by atoms with E-state index >= 15 is 0 Å². The molecule has 20 heavy (non-hydrogen) atoms. The van der Waals surface area contributed by atoms with Crippen LogP contribution in [-0.2, 0) is 15.4 Å². The highest BCUT2D eigenvalue weighted by atomic mass is 35.5. The quantitative estimate of drug-likeness (QED) is 0.349. The maximum Gasteiger partial charge on any atom is 0.316 e. The number of hydrogen-bond donors (Lipinski definition) is 0. The van der Waals surface area contributed by atoms with Crippen molar-refractivity contribution in [1.82, 2.24) is 0 Å². The molecule has 0 spiro atoms. The first kappa shape index (κ1) is 16.8. The molecule has 1 aromatic rings. The lowest BCUT2D eigenvalue weighted by Crippen LogP contribution is -2.25. The van der Waals surface area contributed by atoms with Gasteiger partial charge in [0.1, 0.15) is 18.1 Å². The Hall–Kier alpha value is -1.26. The minimum Gasteiger partial charge on any atom is -0.491 e. The zero-order valence-electron chi connectivity index (χ0n) is 12.4. The first-order valence-corrected chi connectivity index (χ1v) is 6.94. The third-order valence-corrected chi connectivity index (χ3v) is 2.78. The Morgan fingerprint density at radius 3 is 2.35 bits per heavy atom. The molecule has 0 atom stereocenters. The van der Waals surface area contributed by atoms with Crippen LogP contribution in [0, 0.1) is 5.41 Å². The van der Waals surface area contributed by atoms with E-state index in [4.69, 9.17) is 25.8 Å². The van der Waals surface area contributed by atoms with Crippen molar-refractivity contribution in [2.24, 2.45) is 5.41 Å². The molecule has 0 fully saturated rings. The highest BCUT2D eigenvalue weighted by Crippen LogP contribution is 2.26. The summed E-state index contributed by atoms with van der Waals surface area (Å²) in [6, 6.07) is 5.23. The van der Waals surface area contributed by atoms with Gasteiger partial charge < -0.3 is 14.2 Å². The number of hydrogen-bond acceptors (Lipinski definition) is 4. The molecule has 0 aliphatic heterocycles. The van der Waals surface area contributed by atoms with Crippen molar-refractivity contribution in [3.05, 3.63) is 23.8 Å². The summed E-state index contributed by atoms with van der Waals surface area (Å²) in [7, 11) is 1.61. The zero-order chi connectivity index (χ0) is 15.2. The van der Waals surface area contributed by atoms with Gasteiger partial charge in [-0.2, -0.15) is 0 Å². The van der Waals surface area contributed by atoms with Gasteiger partial charge in [0.15, 0.2) is 0 Å². The van der Waals surface area contributed by atoms with E-state index in [2.05, 4.69) is 0 Å². The molecular formula is C15H21ClO4. The third-order valence-electron chi connectivity index (χ3n) is 2.47. The SMILES string of the molecule is COCCOc1cc(CCl)cc(OC(=O)C(C)(C)C)c1. The third kappa shape index (κ3) is 5.39. The fourth-order valence-corrected chi connectivity index (χ4v) is 1.51. The maximum absolute atomic E-state index is 11.9. The monoisotopic (exact) mass is 300 g/mol. The van der Waals surface area contributed by atoms with Crippen LogP contribution in [0.4, 0.5) is 0 Å². The summed E-state index contributed by atoms with van der Waals surface area (Å²) in [5, 5.41) is 0. The van der Waals surface area contributed by atoms with Crippen LogP contribution in [0.3, 0.4) is 0 Å². The number of methoxy groups -OCH3 is 1. The van der Waals surface area contributed by atoms with Crippen molar-refractivity contribution in [3.8, 4) is 11.5 Å². The summed E-state index contributed by atoms with van der Waals surface area (Å²) >= 11 is 5.84. The maximum atomic E-state index is 11.9. The number of alkyl halides is 1. The molecule has 0 saturated carbocycles. The molecule has 0 amide bonds. The predicted molar refractivity (Wildman–Crippen MR) is 78.5 cm³/mol. The number of carbonyl (C=O) groups is 1. The number of halogens is 1. The van der Waals surface area contributed by atoms with Crippen LogP contribution in [0.1, 0.15) is 26.3 Å². The molecule has 0 unspecified atom stereocenters. The second-order valence-corrected chi connectivity index (χ2v) is 5.69. The number of esters is 1. The second-order valence-electron chi connectivity index (χ2n) is 5.43. The van der Waals surface area contributed by atoms with E-state index in [1.807, 2.05) is 6.07 Å². The largest absolute Gasteiger partial charge is 0.491 e. The van der Waals surface area contributed by atoms with Gasteiger partial charge in [-0.15, -0.1) is 11.6 Å². The van der Waals surface area contributed by atoms with Gasteiger partial charge in [-0.1, -0.05) is 0 Å². The van der Waals surface area contributed by atoms with Gasteiger partial charge in [0.2, 0.25) is 0 Å². The molecule has 0 N–H and O–H groups in total. The summed E-state index contributed by atoms with van der Waals surface area (Å²) < 4.78 is 15.8. The Labute approximate surface area is 125 Å². The molecule has 0 bridgehead atoms. The number of benzene rings is 1. The standard InChI is InChI=1S/C15H21ClO4/c1-15(2,3)14(17)20-13-8-11(10-16)7-12(9-13)19-6-5-18-4/h7-9H,5-6,10H2,1-4H3. The Balaban J connectivity index is 2.84. The van der Waals surface area contributed by atoms with Crippen molar-refractivity contribution < 1.29 is 19.0 Å². The Kier molecular flexibility index (Phi) is 6.30. The van der Waals surface area contributed by atoms with Crippen molar-refractivity contribution in [2.45, 2.75) is 26.7 Å². The summed E-state index contributed by atoms with van der Waals surface area (Å²) in [6.45, 7) is 6.32. The van der Waals surface area contributed by atoms with Crippen LogP contribution in [0.2, 0.25) is 0 Å². The number of rotatable bonds is 6. The van der Waals surface area contributed by atoms with Crippen LogP contribution < -0.4 is 9.47 Å². The topological polar surface area (TPSA) is 44.8 Å². The van der Waals surface area contributed by atoms with E-state index in [-0.39, 0.29) is 5.97 Å². The highest BCUT2D eigenvalue weighted by molar-refractivity contribution is 6.17. The molecule has 112 valence electrons. The lowest BCUT2D eigenvalue weighted by molar-refractivity contribution is -0.143. The van der Waals surface area contributed by atoms with Crippen LogP contribution >= 0.6 is 11.6 Å². The van der Waals surface area contributed by atoms with Gasteiger partial charge in [0, 0.05) is 19.1 Å². The van der Waals surface area contributed by atoms with Crippen molar-refractivity contribution >= 4 is 17.6 Å². The summed E-state index contributed by atoms with van der Waals surface area (Å²) in [4.78, 5) is 11.9. The fraction of sp³-hybridized carbons (Fsp3) is 0.533. The summed E-state index contributed by atoms with van der Waals surface area (Å²) in [5.41, 5.74) is 0.270. The lowest BCUT2D eigenvalue weighted by atomic mass is 9.97. The molecule has 1 aromatic carbocycles. The molecule has 4 nitrogen and oxygen atoms in total. The van der Waals surface area contributed by atoms with E-state index < -0.39 is 5.41 Å². The minimum atomic E-state index is -0.561. The lowest BCUT2D eigenvalue weighted by Gasteiger charge is -2.17. The normalized spacial score (nSPS) is 11.2. The van der Waals surface area contributed by atoms with Gasteiger partial charge in [-0.3, -0.25) is 4.79 Å². The van der Waals surface area contributed by atoms with Crippen LogP contribution in [0.15, 0.2) is 18.2 Å².